The van der Waals surface area contributed by atoms with E-state index >= 15 is 0 Å². The fourth-order valence-electron chi connectivity index (χ4n) is 2.69. The Morgan fingerprint density at radius 2 is 1.88 bits per heavy atom. The summed E-state index contributed by atoms with van der Waals surface area (Å²) in [7, 11) is 1.60. The number of hydrogen-bond donors (Lipinski definition) is 2. The quantitative estimate of drug-likeness (QED) is 0.788. The molecule has 3 rings (SSSR count). The zero-order valence-electron chi connectivity index (χ0n) is 13.7. The number of methoxy groups -OCH3 is 1. The van der Waals surface area contributed by atoms with Crippen LogP contribution < -0.4 is 10.1 Å². The minimum Gasteiger partial charge on any atom is -0.496 e. The topological polar surface area (TPSA) is 78.9 Å². The molecule has 25 heavy (non-hydrogen) atoms. The van der Waals surface area contributed by atoms with Gasteiger partial charge in [0.05, 0.1) is 20.3 Å². The van der Waals surface area contributed by atoms with Crippen LogP contribution in [0.3, 0.4) is 0 Å². The molecular weight excluding hydrogens is 320 g/mol. The van der Waals surface area contributed by atoms with E-state index in [0.717, 1.165) is 16.0 Å². The molecule has 1 heterocycles. The van der Waals surface area contributed by atoms with Gasteiger partial charge < -0.3 is 15.2 Å². The molecule has 6 heteroatoms. The number of benzene rings is 2. The molecule has 0 fully saturated rings. The highest BCUT2D eigenvalue weighted by molar-refractivity contribution is 6.17. The van der Waals surface area contributed by atoms with Crippen molar-refractivity contribution in [2.45, 2.75) is 0 Å². The number of β-amino-alcohol motifs (C(OH)–C–C–N with tert-alkyl or cyclic N) is 1. The van der Waals surface area contributed by atoms with Crippen LogP contribution in [0.2, 0.25) is 0 Å². The molecule has 6 nitrogen and oxygen atoms in total. The van der Waals surface area contributed by atoms with E-state index < -0.39 is 11.8 Å². The van der Waals surface area contributed by atoms with E-state index in [1.54, 1.807) is 19.2 Å². The van der Waals surface area contributed by atoms with E-state index in [0.29, 0.717) is 11.4 Å². The molecule has 0 radical (unpaired) electrons. The van der Waals surface area contributed by atoms with Crippen LogP contribution in [0.15, 0.2) is 60.3 Å². The van der Waals surface area contributed by atoms with Crippen LogP contribution in [0.1, 0.15) is 0 Å². The molecule has 128 valence electrons. The first kappa shape index (κ1) is 16.7. The smallest absolute Gasteiger partial charge is 0.277 e. The fraction of sp³-hybridized carbons (Fsp3) is 0.158. The minimum atomic E-state index is -0.448. The number of rotatable bonds is 6. The highest BCUT2D eigenvalue weighted by atomic mass is 16.5. The number of ether oxygens (including phenoxy) is 1. The Morgan fingerprint density at radius 3 is 2.56 bits per heavy atom. The second kappa shape index (κ2) is 7.19. The number of nitrogens with one attached hydrogen (secondary N) is 1. The average molecular weight is 338 g/mol. The largest absolute Gasteiger partial charge is 0.496 e. The lowest BCUT2D eigenvalue weighted by Crippen LogP contribution is -2.34. The van der Waals surface area contributed by atoms with Gasteiger partial charge in [0, 0.05) is 17.3 Å². The van der Waals surface area contributed by atoms with E-state index in [-0.39, 0.29) is 18.8 Å². The van der Waals surface area contributed by atoms with Crippen molar-refractivity contribution < 1.29 is 19.4 Å². The second-order valence-corrected chi connectivity index (χ2v) is 5.48. The molecule has 0 bridgehead atoms. The molecular formula is C19H18N2O4. The van der Waals surface area contributed by atoms with Crippen LogP contribution in [0.4, 0.5) is 5.69 Å². The standard InChI is InChI=1S/C19H18N2O4/c1-25-17-8-7-14(11-15(17)13-5-3-2-4-6-13)20-16-12-18(23)21(9-10-22)19(16)24/h2-8,11-12,20,22H,9-10H2,1H3. The van der Waals surface area contributed by atoms with Crippen molar-refractivity contribution in [1.82, 2.24) is 4.90 Å². The van der Waals surface area contributed by atoms with Crippen molar-refractivity contribution in [2.24, 2.45) is 0 Å². The average Bonchev–Trinajstić information content (AvgIpc) is 2.90. The Labute approximate surface area is 145 Å². The molecule has 0 aliphatic carbocycles. The molecule has 0 unspecified atom stereocenters. The first-order valence-electron chi connectivity index (χ1n) is 7.83. The maximum Gasteiger partial charge on any atom is 0.277 e. The van der Waals surface area contributed by atoms with Crippen LogP contribution in [0.25, 0.3) is 11.1 Å². The van der Waals surface area contributed by atoms with Crippen LogP contribution >= 0.6 is 0 Å². The number of amides is 2. The van der Waals surface area contributed by atoms with Gasteiger partial charge in [-0.2, -0.15) is 0 Å². The van der Waals surface area contributed by atoms with Crippen molar-refractivity contribution >= 4 is 17.5 Å². The molecule has 2 amide bonds. The number of hydrogen-bond acceptors (Lipinski definition) is 5. The molecule has 0 saturated heterocycles. The summed E-state index contributed by atoms with van der Waals surface area (Å²) in [4.78, 5) is 25.1. The van der Waals surface area contributed by atoms with Gasteiger partial charge in [0.15, 0.2) is 0 Å². The minimum absolute atomic E-state index is 0.0166. The summed E-state index contributed by atoms with van der Waals surface area (Å²) in [6, 6.07) is 15.2. The summed E-state index contributed by atoms with van der Waals surface area (Å²) in [5, 5.41) is 11.9. The highest BCUT2D eigenvalue weighted by Gasteiger charge is 2.30. The zero-order chi connectivity index (χ0) is 17.8. The van der Waals surface area contributed by atoms with Crippen LogP contribution in [-0.2, 0) is 9.59 Å². The van der Waals surface area contributed by atoms with Crippen molar-refractivity contribution in [3.8, 4) is 16.9 Å². The molecule has 2 aromatic carbocycles. The van der Waals surface area contributed by atoms with Crippen molar-refractivity contribution in [1.29, 1.82) is 0 Å². The van der Waals surface area contributed by atoms with Gasteiger partial charge in [0.25, 0.3) is 11.8 Å². The third-order valence-corrected chi connectivity index (χ3v) is 3.90. The number of imide groups is 1. The predicted octanol–water partition coefficient (Wildman–Crippen LogP) is 2.02. The molecule has 1 aliphatic rings. The molecule has 2 N–H and O–H groups in total. The van der Waals surface area contributed by atoms with Gasteiger partial charge in [0.1, 0.15) is 11.4 Å². The van der Waals surface area contributed by atoms with E-state index in [1.807, 2.05) is 36.4 Å². The van der Waals surface area contributed by atoms with E-state index in [2.05, 4.69) is 5.32 Å². The third-order valence-electron chi connectivity index (χ3n) is 3.90. The van der Waals surface area contributed by atoms with Gasteiger partial charge in [-0.1, -0.05) is 30.3 Å². The van der Waals surface area contributed by atoms with Crippen LogP contribution in [0.5, 0.6) is 5.75 Å². The fourth-order valence-corrected chi connectivity index (χ4v) is 2.69. The lowest BCUT2D eigenvalue weighted by Gasteiger charge is -2.15. The summed E-state index contributed by atoms with van der Waals surface area (Å²) < 4.78 is 5.41. The molecule has 0 aromatic heterocycles. The Balaban J connectivity index is 1.88. The van der Waals surface area contributed by atoms with Crippen LogP contribution in [0, 0.1) is 0 Å². The van der Waals surface area contributed by atoms with Crippen molar-refractivity contribution in [3.05, 3.63) is 60.3 Å². The first-order valence-corrected chi connectivity index (χ1v) is 7.83. The van der Waals surface area contributed by atoms with Gasteiger partial charge in [-0.05, 0) is 23.8 Å². The van der Waals surface area contributed by atoms with Gasteiger partial charge in [-0.15, -0.1) is 0 Å². The number of carbonyl (C=O) groups is 2. The normalized spacial score (nSPS) is 13.8. The Hall–Kier alpha value is -3.12. The maximum atomic E-state index is 12.2. The van der Waals surface area contributed by atoms with E-state index in [4.69, 9.17) is 9.84 Å². The van der Waals surface area contributed by atoms with E-state index in [1.165, 1.54) is 6.08 Å². The SMILES string of the molecule is COc1ccc(NC2=CC(=O)N(CCO)C2=O)cc1-c1ccccc1. The lowest BCUT2D eigenvalue weighted by atomic mass is 10.0. The number of carbonyl (C=O) groups excluding carboxylic acids is 2. The van der Waals surface area contributed by atoms with Crippen molar-refractivity contribution in [2.75, 3.05) is 25.6 Å². The molecule has 2 aromatic rings. The third kappa shape index (κ3) is 3.39. The summed E-state index contributed by atoms with van der Waals surface area (Å²) >= 11 is 0. The predicted molar refractivity (Wildman–Crippen MR) is 93.9 cm³/mol. The summed E-state index contributed by atoms with van der Waals surface area (Å²) in [6.45, 7) is -0.281. The molecule has 1 aliphatic heterocycles. The first-order chi connectivity index (χ1) is 12.1. The monoisotopic (exact) mass is 338 g/mol. The van der Waals surface area contributed by atoms with Crippen LogP contribution in [-0.4, -0.2) is 42.1 Å². The highest BCUT2D eigenvalue weighted by Crippen LogP contribution is 2.33. The summed E-state index contributed by atoms with van der Waals surface area (Å²) in [5.74, 6) is -0.170. The molecule has 0 spiro atoms. The summed E-state index contributed by atoms with van der Waals surface area (Å²) in [6.07, 6.45) is 1.24. The zero-order valence-corrected chi connectivity index (χ0v) is 13.7. The Morgan fingerprint density at radius 1 is 1.12 bits per heavy atom. The van der Waals surface area contributed by atoms with Gasteiger partial charge in [-0.25, -0.2) is 0 Å². The number of anilines is 1. The Bertz CT molecular complexity index is 831. The number of aliphatic hydroxyl groups is 1. The second-order valence-electron chi connectivity index (χ2n) is 5.48. The van der Waals surface area contributed by atoms with Gasteiger partial charge in [-0.3, -0.25) is 14.5 Å². The van der Waals surface area contributed by atoms with Gasteiger partial charge in [0.2, 0.25) is 0 Å². The Kier molecular flexibility index (Phi) is 4.81. The van der Waals surface area contributed by atoms with Gasteiger partial charge >= 0.3 is 0 Å². The van der Waals surface area contributed by atoms with E-state index in [9.17, 15) is 9.59 Å². The number of nitrogens with zero attached hydrogens (tertiary/aromatic N) is 1. The molecule has 0 saturated carbocycles. The lowest BCUT2D eigenvalue weighted by molar-refractivity contribution is -0.137. The molecule has 0 atom stereocenters. The maximum absolute atomic E-state index is 12.2. The van der Waals surface area contributed by atoms with Crippen molar-refractivity contribution in [3.63, 3.8) is 0 Å². The summed E-state index contributed by atoms with van der Waals surface area (Å²) in [5.41, 5.74) is 2.70. The number of aliphatic hydroxyl groups excluding tert-OH is 1.